The number of hydrogen-bond acceptors (Lipinski definition) is 6. The number of nitrogens with one attached hydrogen (secondary N) is 1. The highest BCUT2D eigenvalue weighted by molar-refractivity contribution is 5.98. The molecule has 0 fully saturated rings. The zero-order valence-electron chi connectivity index (χ0n) is 9.68. The van der Waals surface area contributed by atoms with Gasteiger partial charge < -0.3 is 21.0 Å². The van der Waals surface area contributed by atoms with Crippen LogP contribution in [0.5, 0.6) is 5.75 Å². The van der Waals surface area contributed by atoms with Crippen molar-refractivity contribution in [1.82, 2.24) is 5.32 Å². The predicted octanol–water partition coefficient (Wildman–Crippen LogP) is -0.499. The summed E-state index contributed by atoms with van der Waals surface area (Å²) in [7, 11) is 0. The van der Waals surface area contributed by atoms with Crippen LogP contribution in [0, 0.1) is 0 Å². The van der Waals surface area contributed by atoms with Gasteiger partial charge in [-0.05, 0) is 31.2 Å². The molecule has 0 atom stereocenters. The fourth-order valence-corrected chi connectivity index (χ4v) is 1.32. The zero-order valence-corrected chi connectivity index (χ0v) is 9.68. The van der Waals surface area contributed by atoms with Crippen LogP contribution in [-0.4, -0.2) is 30.1 Å². The van der Waals surface area contributed by atoms with E-state index >= 15 is 0 Å². The van der Waals surface area contributed by atoms with Gasteiger partial charge in [0.1, 0.15) is 11.3 Å². The number of benzene rings is 1. The maximum Gasteiger partial charge on any atom is 0.360 e. The molecule has 0 aliphatic carbocycles. The Morgan fingerprint density at radius 2 is 2.11 bits per heavy atom. The van der Waals surface area contributed by atoms with Crippen LogP contribution >= 0.6 is 0 Å². The first-order valence-electron chi connectivity index (χ1n) is 5.32. The average Bonchev–Trinajstić information content (AvgIpc) is 2.38. The molecule has 7 nitrogen and oxygen atoms in total. The van der Waals surface area contributed by atoms with Crippen LogP contribution in [0.15, 0.2) is 18.2 Å². The summed E-state index contributed by atoms with van der Waals surface area (Å²) >= 11 is 0. The van der Waals surface area contributed by atoms with Crippen LogP contribution < -0.4 is 16.9 Å². The molecule has 1 aromatic rings. The van der Waals surface area contributed by atoms with Gasteiger partial charge >= 0.3 is 5.97 Å². The summed E-state index contributed by atoms with van der Waals surface area (Å²) in [5.74, 6) is 3.11. The average molecular weight is 253 g/mol. The molecule has 0 radical (unpaired) electrons. The first-order valence-corrected chi connectivity index (χ1v) is 5.32. The second-order valence-electron chi connectivity index (χ2n) is 3.54. The number of rotatable bonds is 5. The third-order valence-corrected chi connectivity index (χ3v) is 2.25. The molecule has 0 spiro atoms. The third kappa shape index (κ3) is 3.44. The van der Waals surface area contributed by atoms with Gasteiger partial charge in [-0.3, -0.25) is 4.79 Å². The van der Waals surface area contributed by atoms with Crippen molar-refractivity contribution in [1.29, 1.82) is 0 Å². The molecular formula is C11H15N3O4. The Balaban J connectivity index is 2.77. The third-order valence-electron chi connectivity index (χ3n) is 2.25. The van der Waals surface area contributed by atoms with Gasteiger partial charge in [-0.15, -0.1) is 0 Å². The Morgan fingerprint density at radius 3 is 2.67 bits per heavy atom. The molecule has 0 unspecified atom stereocenters. The SMILES string of the molecule is NCCCNC(=O)c1ccc(C(=O)ON)c(O)c1. The normalized spacial score (nSPS) is 9.89. The molecule has 0 bridgehead atoms. The zero-order chi connectivity index (χ0) is 13.5. The number of carbonyl (C=O) groups excluding carboxylic acids is 2. The first kappa shape index (κ1) is 13.9. The Hall–Kier alpha value is -2.12. The molecule has 0 saturated heterocycles. The smallest absolute Gasteiger partial charge is 0.360 e. The fourth-order valence-electron chi connectivity index (χ4n) is 1.32. The van der Waals surface area contributed by atoms with Crippen molar-refractivity contribution in [3.05, 3.63) is 29.3 Å². The van der Waals surface area contributed by atoms with Crippen LogP contribution in [-0.2, 0) is 4.84 Å². The number of nitrogens with two attached hydrogens (primary N) is 2. The minimum Gasteiger partial charge on any atom is -0.507 e. The van der Waals surface area contributed by atoms with Gasteiger partial charge in [0, 0.05) is 12.1 Å². The van der Waals surface area contributed by atoms with Crippen molar-refractivity contribution < 1.29 is 19.5 Å². The highest BCUT2D eigenvalue weighted by Gasteiger charge is 2.14. The van der Waals surface area contributed by atoms with Crippen molar-refractivity contribution in [2.24, 2.45) is 11.6 Å². The minimum absolute atomic E-state index is 0.101. The Morgan fingerprint density at radius 1 is 1.39 bits per heavy atom. The molecule has 6 N–H and O–H groups in total. The molecule has 1 aromatic carbocycles. The second-order valence-corrected chi connectivity index (χ2v) is 3.54. The van der Waals surface area contributed by atoms with E-state index in [0.717, 1.165) is 0 Å². The van der Waals surface area contributed by atoms with E-state index < -0.39 is 5.97 Å². The number of amides is 1. The minimum atomic E-state index is -0.873. The first-order chi connectivity index (χ1) is 8.60. The Kier molecular flexibility index (Phi) is 5.09. The number of carbonyl (C=O) groups is 2. The van der Waals surface area contributed by atoms with E-state index in [-0.39, 0.29) is 22.8 Å². The van der Waals surface area contributed by atoms with Gasteiger partial charge in [0.25, 0.3) is 5.91 Å². The van der Waals surface area contributed by atoms with E-state index in [4.69, 9.17) is 11.6 Å². The van der Waals surface area contributed by atoms with E-state index in [9.17, 15) is 14.7 Å². The van der Waals surface area contributed by atoms with E-state index in [2.05, 4.69) is 10.2 Å². The highest BCUT2D eigenvalue weighted by Crippen LogP contribution is 2.19. The van der Waals surface area contributed by atoms with E-state index in [1.165, 1.54) is 18.2 Å². The van der Waals surface area contributed by atoms with Crippen LogP contribution in [0.4, 0.5) is 0 Å². The van der Waals surface area contributed by atoms with Crippen LogP contribution in [0.25, 0.3) is 0 Å². The monoisotopic (exact) mass is 253 g/mol. The van der Waals surface area contributed by atoms with Gasteiger partial charge in [-0.25, -0.2) is 4.79 Å². The van der Waals surface area contributed by atoms with Gasteiger partial charge in [0.15, 0.2) is 0 Å². The summed E-state index contributed by atoms with van der Waals surface area (Å²) in [5, 5.41) is 12.2. The number of phenolic OH excluding ortho intramolecular Hbond substituents is 1. The lowest BCUT2D eigenvalue weighted by Gasteiger charge is -2.06. The molecule has 0 aliphatic heterocycles. The van der Waals surface area contributed by atoms with E-state index in [0.29, 0.717) is 19.5 Å². The molecule has 0 heterocycles. The largest absolute Gasteiger partial charge is 0.507 e. The van der Waals surface area contributed by atoms with E-state index in [1.807, 2.05) is 0 Å². The lowest BCUT2D eigenvalue weighted by molar-refractivity contribution is 0.0499. The molecular weight excluding hydrogens is 238 g/mol. The van der Waals surface area contributed by atoms with Crippen molar-refractivity contribution in [3.63, 3.8) is 0 Å². The van der Waals surface area contributed by atoms with Crippen LogP contribution in [0.3, 0.4) is 0 Å². The maximum atomic E-state index is 11.6. The van der Waals surface area contributed by atoms with Gasteiger partial charge in [-0.1, -0.05) is 0 Å². The topological polar surface area (TPSA) is 128 Å². The Bertz CT molecular complexity index is 448. The molecule has 18 heavy (non-hydrogen) atoms. The summed E-state index contributed by atoms with van der Waals surface area (Å²) in [4.78, 5) is 26.7. The number of hydrogen-bond donors (Lipinski definition) is 4. The van der Waals surface area contributed by atoms with Crippen molar-refractivity contribution in [2.45, 2.75) is 6.42 Å². The highest BCUT2D eigenvalue weighted by atomic mass is 16.7. The Labute approximate surface area is 104 Å². The molecule has 0 aromatic heterocycles. The molecule has 1 amide bonds. The lowest BCUT2D eigenvalue weighted by Crippen LogP contribution is -2.26. The summed E-state index contributed by atoms with van der Waals surface area (Å²) in [6.45, 7) is 0.926. The summed E-state index contributed by atoms with van der Waals surface area (Å²) < 4.78 is 0. The summed E-state index contributed by atoms with van der Waals surface area (Å²) in [5.41, 5.74) is 5.42. The van der Waals surface area contributed by atoms with Crippen molar-refractivity contribution in [2.75, 3.05) is 13.1 Å². The van der Waals surface area contributed by atoms with Crippen LogP contribution in [0.1, 0.15) is 27.1 Å². The standard InChI is InChI=1S/C11H15N3O4/c12-4-1-5-14-10(16)7-2-3-8(9(15)6-7)11(17)18-13/h2-3,6,15H,1,4-5,12-13H2,(H,14,16). The fraction of sp³-hybridized carbons (Fsp3) is 0.273. The molecule has 0 saturated carbocycles. The lowest BCUT2D eigenvalue weighted by atomic mass is 10.1. The van der Waals surface area contributed by atoms with Crippen LogP contribution in [0.2, 0.25) is 0 Å². The summed E-state index contributed by atoms with van der Waals surface area (Å²) in [6, 6.07) is 3.83. The predicted molar refractivity (Wildman–Crippen MR) is 63.7 cm³/mol. The molecule has 7 heteroatoms. The van der Waals surface area contributed by atoms with Gasteiger partial charge in [0.2, 0.25) is 0 Å². The van der Waals surface area contributed by atoms with Crippen molar-refractivity contribution in [3.8, 4) is 5.75 Å². The second kappa shape index (κ2) is 6.58. The number of aromatic hydroxyl groups is 1. The van der Waals surface area contributed by atoms with Gasteiger partial charge in [-0.2, -0.15) is 5.90 Å². The molecule has 0 aliphatic rings. The van der Waals surface area contributed by atoms with Crippen molar-refractivity contribution >= 4 is 11.9 Å². The maximum absolute atomic E-state index is 11.6. The van der Waals surface area contributed by atoms with Gasteiger partial charge in [0.05, 0.1) is 0 Å². The molecule has 1 rings (SSSR count). The quantitative estimate of drug-likeness (QED) is 0.414. The molecule has 98 valence electrons. The number of phenols is 1. The van der Waals surface area contributed by atoms with E-state index in [1.54, 1.807) is 0 Å². The summed E-state index contributed by atoms with van der Waals surface area (Å²) in [6.07, 6.45) is 0.662.